The lowest BCUT2D eigenvalue weighted by Gasteiger charge is -2.33. The molecule has 4 aromatic rings. The van der Waals surface area contributed by atoms with E-state index in [-0.39, 0.29) is 18.4 Å². The summed E-state index contributed by atoms with van der Waals surface area (Å²) in [5.74, 6) is 1.49. The van der Waals surface area contributed by atoms with Crippen LogP contribution in [-0.4, -0.2) is 45.3 Å². The van der Waals surface area contributed by atoms with E-state index < -0.39 is 6.09 Å². The number of amides is 1. The molecule has 8 nitrogen and oxygen atoms in total. The third kappa shape index (κ3) is 5.16. The van der Waals surface area contributed by atoms with Gasteiger partial charge in [-0.3, -0.25) is 4.98 Å². The average molecular weight is 470 g/mol. The minimum atomic E-state index is -0.412. The number of rotatable bonds is 5. The van der Waals surface area contributed by atoms with E-state index in [1.807, 2.05) is 37.3 Å². The number of benzene rings is 2. The Bertz CT molecular complexity index is 1340. The number of aromatic nitrogens is 3. The van der Waals surface area contributed by atoms with E-state index >= 15 is 0 Å². The number of alkyl carbamates (subject to hydrolysis) is 1. The first-order chi connectivity index (χ1) is 17.1. The van der Waals surface area contributed by atoms with Crippen LogP contribution in [0.1, 0.15) is 24.0 Å². The molecule has 1 fully saturated rings. The number of para-hydroxylation sites is 1. The molecule has 2 aromatic carbocycles. The highest BCUT2D eigenvalue weighted by Crippen LogP contribution is 2.33. The molecule has 0 unspecified atom stereocenters. The van der Waals surface area contributed by atoms with Crippen LogP contribution in [0, 0.1) is 6.92 Å². The maximum absolute atomic E-state index is 12.3. The predicted molar refractivity (Wildman–Crippen MR) is 134 cm³/mol. The molecule has 2 N–H and O–H groups in total. The summed E-state index contributed by atoms with van der Waals surface area (Å²) in [7, 11) is 0. The highest BCUT2D eigenvalue weighted by molar-refractivity contribution is 5.92. The van der Waals surface area contributed by atoms with Crippen molar-refractivity contribution in [1.29, 1.82) is 0 Å². The Kier molecular flexibility index (Phi) is 6.43. The Morgan fingerprint density at radius 3 is 2.63 bits per heavy atom. The van der Waals surface area contributed by atoms with E-state index in [0.29, 0.717) is 11.4 Å². The highest BCUT2D eigenvalue weighted by Gasteiger charge is 2.24. The van der Waals surface area contributed by atoms with Gasteiger partial charge in [-0.15, -0.1) is 0 Å². The molecular formula is C27H27N5O3. The van der Waals surface area contributed by atoms with Crippen molar-refractivity contribution in [2.45, 2.75) is 32.4 Å². The second-order valence-corrected chi connectivity index (χ2v) is 8.75. The van der Waals surface area contributed by atoms with Crippen molar-refractivity contribution in [3.05, 3.63) is 78.1 Å². The zero-order valence-corrected chi connectivity index (χ0v) is 19.5. The fourth-order valence-corrected chi connectivity index (χ4v) is 4.32. The van der Waals surface area contributed by atoms with Gasteiger partial charge < -0.3 is 20.1 Å². The van der Waals surface area contributed by atoms with Crippen molar-refractivity contribution in [1.82, 2.24) is 20.3 Å². The molecule has 1 aliphatic rings. The van der Waals surface area contributed by atoms with Gasteiger partial charge in [-0.25, -0.2) is 14.8 Å². The second-order valence-electron chi connectivity index (χ2n) is 8.75. The number of phenolic OH excluding ortho intramolecular Hbond substituents is 1. The van der Waals surface area contributed by atoms with Crippen molar-refractivity contribution in [2.24, 2.45) is 0 Å². The Balaban J connectivity index is 1.30. The molecular weight excluding hydrogens is 442 g/mol. The number of hydrogen-bond donors (Lipinski definition) is 2. The van der Waals surface area contributed by atoms with Crippen LogP contribution in [0.25, 0.3) is 22.3 Å². The summed E-state index contributed by atoms with van der Waals surface area (Å²) in [6.07, 6.45) is 4.48. The highest BCUT2D eigenvalue weighted by atomic mass is 16.5. The van der Waals surface area contributed by atoms with Gasteiger partial charge in [-0.05, 0) is 67.3 Å². The first kappa shape index (κ1) is 22.6. The number of fused-ring (bicyclic) bond motifs is 1. The summed E-state index contributed by atoms with van der Waals surface area (Å²) in [5.41, 5.74) is 3.45. The molecule has 0 aliphatic carbocycles. The minimum absolute atomic E-state index is 0.0316. The van der Waals surface area contributed by atoms with Gasteiger partial charge in [-0.1, -0.05) is 18.2 Å². The lowest BCUT2D eigenvalue weighted by molar-refractivity contribution is 0.134. The lowest BCUT2D eigenvalue weighted by atomic mass is 10.0. The summed E-state index contributed by atoms with van der Waals surface area (Å²) >= 11 is 0. The maximum Gasteiger partial charge on any atom is 0.407 e. The Hall–Kier alpha value is -4.20. The number of piperidine rings is 1. The molecule has 0 saturated carbocycles. The van der Waals surface area contributed by atoms with Gasteiger partial charge in [0.05, 0.1) is 11.1 Å². The zero-order valence-electron chi connectivity index (χ0n) is 19.5. The van der Waals surface area contributed by atoms with Crippen molar-refractivity contribution in [3.63, 3.8) is 0 Å². The number of pyridine rings is 1. The summed E-state index contributed by atoms with van der Waals surface area (Å²) in [5, 5.41) is 14.3. The van der Waals surface area contributed by atoms with Gasteiger partial charge in [-0.2, -0.15) is 0 Å². The Morgan fingerprint density at radius 1 is 1.09 bits per heavy atom. The van der Waals surface area contributed by atoms with E-state index in [2.05, 4.69) is 27.3 Å². The number of anilines is 1. The molecule has 1 aliphatic heterocycles. The molecule has 2 aromatic heterocycles. The van der Waals surface area contributed by atoms with Crippen LogP contribution in [0.5, 0.6) is 5.75 Å². The fraction of sp³-hybridized carbons (Fsp3) is 0.259. The molecule has 0 atom stereocenters. The first-order valence-electron chi connectivity index (χ1n) is 11.7. The number of nitrogens with one attached hydrogen (secondary N) is 1. The normalized spacial score (nSPS) is 14.1. The minimum Gasteiger partial charge on any atom is -0.507 e. The largest absolute Gasteiger partial charge is 0.507 e. The molecule has 1 amide bonds. The molecule has 5 rings (SSSR count). The molecule has 8 heteroatoms. The number of aromatic hydroxyl groups is 1. The predicted octanol–water partition coefficient (Wildman–Crippen LogP) is 4.60. The summed E-state index contributed by atoms with van der Waals surface area (Å²) in [6, 6.07) is 16.9. The van der Waals surface area contributed by atoms with Gasteiger partial charge in [0, 0.05) is 36.9 Å². The lowest BCUT2D eigenvalue weighted by Crippen LogP contribution is -2.45. The molecule has 0 spiro atoms. The van der Waals surface area contributed by atoms with Crippen LogP contribution in [-0.2, 0) is 11.3 Å². The number of phenols is 1. The monoisotopic (exact) mass is 469 g/mol. The van der Waals surface area contributed by atoms with Gasteiger partial charge in [0.25, 0.3) is 0 Å². The zero-order chi connectivity index (χ0) is 24.2. The summed E-state index contributed by atoms with van der Waals surface area (Å²) < 4.78 is 5.35. The van der Waals surface area contributed by atoms with Gasteiger partial charge in [0.1, 0.15) is 18.2 Å². The third-order valence-electron chi connectivity index (χ3n) is 6.21. The van der Waals surface area contributed by atoms with Crippen molar-refractivity contribution in [2.75, 3.05) is 18.0 Å². The Morgan fingerprint density at radius 2 is 1.86 bits per heavy atom. The van der Waals surface area contributed by atoms with Gasteiger partial charge >= 0.3 is 6.09 Å². The molecule has 35 heavy (non-hydrogen) atoms. The van der Waals surface area contributed by atoms with Crippen LogP contribution in [0.3, 0.4) is 0 Å². The molecule has 0 bridgehead atoms. The van der Waals surface area contributed by atoms with E-state index in [0.717, 1.165) is 53.8 Å². The summed E-state index contributed by atoms with van der Waals surface area (Å²) in [4.78, 5) is 28.1. The van der Waals surface area contributed by atoms with Crippen molar-refractivity contribution < 1.29 is 14.6 Å². The molecule has 0 radical (unpaired) electrons. The average Bonchev–Trinajstić information content (AvgIpc) is 2.88. The summed E-state index contributed by atoms with van der Waals surface area (Å²) in [6.45, 7) is 3.71. The van der Waals surface area contributed by atoms with E-state index in [1.165, 1.54) is 0 Å². The SMILES string of the molecule is Cc1ccc2c(N3CCC(NC(=O)OCc4ccncc4)CC3)nc(-c3ccccc3O)nc2c1. The van der Waals surface area contributed by atoms with E-state index in [4.69, 9.17) is 14.7 Å². The topological polar surface area (TPSA) is 100 Å². The van der Waals surface area contributed by atoms with Crippen LogP contribution < -0.4 is 10.2 Å². The molecule has 178 valence electrons. The van der Waals surface area contributed by atoms with Crippen LogP contribution in [0.4, 0.5) is 10.6 Å². The number of carbonyl (C=O) groups excluding carboxylic acids is 1. The number of aryl methyl sites for hydroxylation is 1. The van der Waals surface area contributed by atoms with E-state index in [9.17, 15) is 9.90 Å². The fourth-order valence-electron chi connectivity index (χ4n) is 4.32. The number of carbonyl (C=O) groups is 1. The quantitative estimate of drug-likeness (QED) is 0.440. The first-order valence-corrected chi connectivity index (χ1v) is 11.7. The number of nitrogens with zero attached hydrogens (tertiary/aromatic N) is 4. The molecule has 3 heterocycles. The van der Waals surface area contributed by atoms with Crippen LogP contribution in [0.15, 0.2) is 67.0 Å². The van der Waals surface area contributed by atoms with Gasteiger partial charge in [0.2, 0.25) is 0 Å². The van der Waals surface area contributed by atoms with Gasteiger partial charge in [0.15, 0.2) is 5.82 Å². The van der Waals surface area contributed by atoms with Crippen LogP contribution >= 0.6 is 0 Å². The Labute approximate surface area is 203 Å². The number of hydrogen-bond acceptors (Lipinski definition) is 7. The maximum atomic E-state index is 12.3. The van der Waals surface area contributed by atoms with E-state index in [1.54, 1.807) is 24.5 Å². The van der Waals surface area contributed by atoms with Crippen molar-refractivity contribution >= 4 is 22.8 Å². The molecule has 1 saturated heterocycles. The standard InChI is InChI=1S/C27H27N5O3/c1-18-6-7-21-23(16-18)30-25(22-4-2-3-5-24(22)33)31-26(21)32-14-10-20(11-15-32)29-27(34)35-17-19-8-12-28-13-9-19/h2-9,12-13,16,20,33H,10-11,14-15,17H2,1H3,(H,29,34). The van der Waals surface area contributed by atoms with Crippen LogP contribution in [0.2, 0.25) is 0 Å². The number of ether oxygens (including phenoxy) is 1. The smallest absolute Gasteiger partial charge is 0.407 e. The third-order valence-corrected chi connectivity index (χ3v) is 6.21. The van der Waals surface area contributed by atoms with Crippen molar-refractivity contribution in [3.8, 4) is 17.1 Å². The second kappa shape index (κ2) is 9.97.